The number of amides is 1. The Bertz CT molecular complexity index is 579. The van der Waals surface area contributed by atoms with Crippen molar-refractivity contribution in [2.45, 2.75) is 25.9 Å². The number of carbonyl (C=O) groups excluding carboxylic acids is 1. The van der Waals surface area contributed by atoms with Gasteiger partial charge in [-0.3, -0.25) is 4.79 Å². The number of carbonyl (C=O) groups is 1. The quantitative estimate of drug-likeness (QED) is 0.885. The van der Waals surface area contributed by atoms with Crippen molar-refractivity contribution in [1.82, 2.24) is 10.3 Å². The Morgan fingerprint density at radius 3 is 2.70 bits per heavy atom. The molecule has 0 aliphatic rings. The Hall–Kier alpha value is -1.72. The van der Waals surface area contributed by atoms with E-state index in [9.17, 15) is 9.90 Å². The summed E-state index contributed by atoms with van der Waals surface area (Å²) in [7, 11) is 0. The molecule has 20 heavy (non-hydrogen) atoms. The van der Waals surface area contributed by atoms with Crippen LogP contribution >= 0.6 is 11.3 Å². The minimum absolute atomic E-state index is 0.133. The second kappa shape index (κ2) is 6.15. The maximum atomic E-state index is 11.8. The second-order valence-electron chi connectivity index (χ2n) is 4.95. The lowest BCUT2D eigenvalue weighted by Crippen LogP contribution is -2.39. The zero-order valence-electron chi connectivity index (χ0n) is 11.6. The molecule has 0 bridgehead atoms. The summed E-state index contributed by atoms with van der Waals surface area (Å²) in [5.74, 6) is -0.133. The summed E-state index contributed by atoms with van der Waals surface area (Å²) in [5.41, 5.74) is 0.476. The van der Waals surface area contributed by atoms with Crippen molar-refractivity contribution < 1.29 is 9.90 Å². The number of hydrogen-bond donors (Lipinski definition) is 2. The summed E-state index contributed by atoms with van der Waals surface area (Å²) in [6.45, 7) is 3.78. The van der Waals surface area contributed by atoms with E-state index in [4.69, 9.17) is 0 Å². The average molecular weight is 290 g/mol. The van der Waals surface area contributed by atoms with Crippen molar-refractivity contribution in [2.24, 2.45) is 0 Å². The van der Waals surface area contributed by atoms with Gasteiger partial charge in [-0.25, -0.2) is 4.98 Å². The first-order valence-electron chi connectivity index (χ1n) is 6.43. The van der Waals surface area contributed by atoms with Gasteiger partial charge in [-0.1, -0.05) is 30.3 Å². The smallest absolute Gasteiger partial charge is 0.226 e. The molecular formula is C15H18N2O2S. The van der Waals surface area contributed by atoms with E-state index in [1.807, 2.05) is 42.6 Å². The largest absolute Gasteiger partial charge is 0.384 e. The van der Waals surface area contributed by atoms with Crippen LogP contribution in [0.2, 0.25) is 0 Å². The van der Waals surface area contributed by atoms with Crippen LogP contribution in [0, 0.1) is 6.92 Å². The number of aryl methyl sites for hydroxylation is 1. The van der Waals surface area contributed by atoms with Crippen molar-refractivity contribution in [3.63, 3.8) is 0 Å². The number of hydrogen-bond acceptors (Lipinski definition) is 4. The molecule has 2 N–H and O–H groups in total. The van der Waals surface area contributed by atoms with Crippen LogP contribution in [0.15, 0.2) is 35.7 Å². The van der Waals surface area contributed by atoms with Gasteiger partial charge in [-0.15, -0.1) is 11.3 Å². The average Bonchev–Trinajstić information content (AvgIpc) is 2.83. The highest BCUT2D eigenvalue weighted by Gasteiger charge is 2.23. The number of thiazole rings is 1. The van der Waals surface area contributed by atoms with Crippen molar-refractivity contribution in [2.75, 3.05) is 6.54 Å². The second-order valence-corrected chi connectivity index (χ2v) is 6.01. The third-order valence-electron chi connectivity index (χ3n) is 3.03. The fourth-order valence-electron chi connectivity index (χ4n) is 1.89. The summed E-state index contributed by atoms with van der Waals surface area (Å²) >= 11 is 1.53. The molecule has 1 heterocycles. The molecule has 0 saturated carbocycles. The molecule has 0 fully saturated rings. The van der Waals surface area contributed by atoms with Crippen LogP contribution in [-0.2, 0) is 16.8 Å². The van der Waals surface area contributed by atoms with E-state index < -0.39 is 5.60 Å². The van der Waals surface area contributed by atoms with Gasteiger partial charge in [0.1, 0.15) is 5.60 Å². The molecular weight excluding hydrogens is 272 g/mol. The van der Waals surface area contributed by atoms with Crippen LogP contribution < -0.4 is 5.32 Å². The maximum Gasteiger partial charge on any atom is 0.226 e. The molecule has 0 aliphatic carbocycles. The van der Waals surface area contributed by atoms with E-state index in [1.165, 1.54) is 11.3 Å². The first-order valence-corrected chi connectivity index (χ1v) is 7.31. The van der Waals surface area contributed by atoms with Gasteiger partial charge in [0.2, 0.25) is 5.91 Å². The molecule has 1 atom stereocenters. The van der Waals surface area contributed by atoms with E-state index >= 15 is 0 Å². The minimum atomic E-state index is -1.07. The van der Waals surface area contributed by atoms with Crippen molar-refractivity contribution in [1.29, 1.82) is 0 Å². The van der Waals surface area contributed by atoms with Gasteiger partial charge in [0.25, 0.3) is 0 Å². The maximum absolute atomic E-state index is 11.8. The monoisotopic (exact) mass is 290 g/mol. The molecule has 106 valence electrons. The Kier molecular flexibility index (Phi) is 4.52. The van der Waals surface area contributed by atoms with Crippen LogP contribution in [0.1, 0.15) is 23.2 Å². The van der Waals surface area contributed by atoms with Gasteiger partial charge < -0.3 is 10.4 Å². The highest BCUT2D eigenvalue weighted by atomic mass is 32.1. The fraction of sp³-hybridized carbons (Fsp3) is 0.333. The van der Waals surface area contributed by atoms with Crippen molar-refractivity contribution in [3.8, 4) is 0 Å². The molecule has 0 radical (unpaired) electrons. The van der Waals surface area contributed by atoms with Gasteiger partial charge in [0, 0.05) is 5.38 Å². The lowest BCUT2D eigenvalue weighted by atomic mass is 9.96. The highest BCUT2D eigenvalue weighted by molar-refractivity contribution is 7.09. The molecule has 0 aliphatic heterocycles. The number of benzene rings is 1. The van der Waals surface area contributed by atoms with E-state index in [0.717, 1.165) is 16.3 Å². The third-order valence-corrected chi connectivity index (χ3v) is 3.86. The summed E-state index contributed by atoms with van der Waals surface area (Å²) in [5, 5.41) is 16.0. The Labute approximate surface area is 122 Å². The normalized spacial score (nSPS) is 13.8. The predicted molar refractivity (Wildman–Crippen MR) is 79.6 cm³/mol. The summed E-state index contributed by atoms with van der Waals surface area (Å²) in [4.78, 5) is 16.1. The number of rotatable bonds is 5. The first kappa shape index (κ1) is 14.7. The third kappa shape index (κ3) is 3.88. The zero-order valence-corrected chi connectivity index (χ0v) is 12.4. The van der Waals surface area contributed by atoms with Gasteiger partial charge in [0.05, 0.1) is 23.7 Å². The van der Waals surface area contributed by atoms with Crippen LogP contribution in [-0.4, -0.2) is 22.5 Å². The minimum Gasteiger partial charge on any atom is -0.384 e. The van der Waals surface area contributed by atoms with Crippen molar-refractivity contribution >= 4 is 17.2 Å². The van der Waals surface area contributed by atoms with Crippen molar-refractivity contribution in [3.05, 3.63) is 52.0 Å². The standard InChI is InChI=1S/C15H18N2O2S/c1-11-17-13(9-20-11)8-14(18)16-10-15(2,19)12-6-4-3-5-7-12/h3-7,9,19H,8,10H2,1-2H3,(H,16,18). The highest BCUT2D eigenvalue weighted by Crippen LogP contribution is 2.19. The van der Waals surface area contributed by atoms with E-state index in [0.29, 0.717) is 0 Å². The van der Waals surface area contributed by atoms with E-state index in [2.05, 4.69) is 10.3 Å². The Morgan fingerprint density at radius 2 is 2.10 bits per heavy atom. The number of nitrogens with one attached hydrogen (secondary N) is 1. The molecule has 2 aromatic rings. The summed E-state index contributed by atoms with van der Waals surface area (Å²) < 4.78 is 0. The molecule has 1 aromatic heterocycles. The lowest BCUT2D eigenvalue weighted by Gasteiger charge is -2.24. The van der Waals surface area contributed by atoms with Gasteiger partial charge in [-0.2, -0.15) is 0 Å². The Balaban J connectivity index is 1.89. The van der Waals surface area contributed by atoms with Crippen LogP contribution in [0.3, 0.4) is 0 Å². The van der Waals surface area contributed by atoms with Gasteiger partial charge in [0.15, 0.2) is 0 Å². The summed E-state index contributed by atoms with van der Waals surface area (Å²) in [6, 6.07) is 9.31. The van der Waals surface area contributed by atoms with Gasteiger partial charge in [-0.05, 0) is 19.4 Å². The first-order chi connectivity index (χ1) is 9.47. The predicted octanol–water partition coefficient (Wildman–Crippen LogP) is 2.02. The number of nitrogens with zero attached hydrogens (tertiary/aromatic N) is 1. The number of aromatic nitrogens is 1. The van der Waals surface area contributed by atoms with Crippen LogP contribution in [0.5, 0.6) is 0 Å². The van der Waals surface area contributed by atoms with Crippen LogP contribution in [0.4, 0.5) is 0 Å². The molecule has 1 unspecified atom stereocenters. The van der Waals surface area contributed by atoms with E-state index in [-0.39, 0.29) is 18.9 Å². The molecule has 5 heteroatoms. The van der Waals surface area contributed by atoms with E-state index in [1.54, 1.807) is 6.92 Å². The zero-order chi connectivity index (χ0) is 14.6. The fourth-order valence-corrected chi connectivity index (χ4v) is 2.50. The molecule has 2 rings (SSSR count). The molecule has 0 saturated heterocycles. The lowest BCUT2D eigenvalue weighted by molar-refractivity contribution is -0.121. The van der Waals surface area contributed by atoms with Gasteiger partial charge >= 0.3 is 0 Å². The van der Waals surface area contributed by atoms with Crippen LogP contribution in [0.25, 0.3) is 0 Å². The topological polar surface area (TPSA) is 62.2 Å². The molecule has 0 spiro atoms. The number of aliphatic hydroxyl groups is 1. The Morgan fingerprint density at radius 1 is 1.40 bits per heavy atom. The SMILES string of the molecule is Cc1nc(CC(=O)NCC(C)(O)c2ccccc2)cs1. The molecule has 1 amide bonds. The summed E-state index contributed by atoms with van der Waals surface area (Å²) in [6.07, 6.45) is 0.245. The molecule has 1 aromatic carbocycles. The molecule has 4 nitrogen and oxygen atoms in total.